The summed E-state index contributed by atoms with van der Waals surface area (Å²) in [6, 6.07) is 36.2. The molecule has 27 heavy (non-hydrogen) atoms. The van der Waals surface area contributed by atoms with Crippen LogP contribution in [0.15, 0.2) is 103 Å². The molecule has 3 aromatic carbocycles. The summed E-state index contributed by atoms with van der Waals surface area (Å²) in [5, 5.41) is 0. The van der Waals surface area contributed by atoms with Crippen LogP contribution in [0.3, 0.4) is 0 Å². The van der Waals surface area contributed by atoms with Crippen molar-refractivity contribution in [3.05, 3.63) is 126 Å². The zero-order chi connectivity index (χ0) is 18.3. The van der Waals surface area contributed by atoms with E-state index in [-0.39, 0.29) is 0 Å². The van der Waals surface area contributed by atoms with Crippen LogP contribution in [0.2, 0.25) is 0 Å². The molecule has 0 aliphatic rings. The molecular weight excluding hydrogens is 326 g/mol. The van der Waals surface area contributed by atoms with Crippen LogP contribution in [0.1, 0.15) is 22.4 Å². The van der Waals surface area contributed by atoms with Crippen molar-refractivity contribution in [2.24, 2.45) is 0 Å². The zero-order valence-electron chi connectivity index (χ0n) is 15.4. The normalized spacial score (nSPS) is 10.7. The second-order valence-electron chi connectivity index (χ2n) is 6.82. The molecule has 0 N–H and O–H groups in total. The van der Waals surface area contributed by atoms with E-state index in [4.69, 9.17) is 4.98 Å². The SMILES string of the molecule is c1ccc(CCc2ccc(Cc3ccccc3)c(-c3ccccc3)n2)cc1. The van der Waals surface area contributed by atoms with E-state index in [0.29, 0.717) is 0 Å². The second kappa shape index (κ2) is 8.46. The Morgan fingerprint density at radius 3 is 1.78 bits per heavy atom. The fourth-order valence-corrected chi connectivity index (χ4v) is 3.39. The van der Waals surface area contributed by atoms with E-state index in [2.05, 4.69) is 103 Å². The van der Waals surface area contributed by atoms with Gasteiger partial charge in [-0.05, 0) is 42.0 Å². The lowest BCUT2D eigenvalue weighted by Gasteiger charge is -2.12. The van der Waals surface area contributed by atoms with Crippen LogP contribution in [-0.4, -0.2) is 4.98 Å². The molecule has 0 spiro atoms. The van der Waals surface area contributed by atoms with Gasteiger partial charge in [0.2, 0.25) is 0 Å². The van der Waals surface area contributed by atoms with Crippen molar-refractivity contribution >= 4 is 0 Å². The first-order valence-corrected chi connectivity index (χ1v) is 9.50. The number of hydrogen-bond acceptors (Lipinski definition) is 1. The first-order chi connectivity index (χ1) is 13.4. The molecule has 0 aliphatic carbocycles. The fourth-order valence-electron chi connectivity index (χ4n) is 3.39. The highest BCUT2D eigenvalue weighted by Gasteiger charge is 2.09. The molecule has 1 heteroatoms. The van der Waals surface area contributed by atoms with Crippen LogP contribution in [0, 0.1) is 0 Å². The van der Waals surface area contributed by atoms with Gasteiger partial charge in [0, 0.05) is 11.3 Å². The van der Waals surface area contributed by atoms with Crippen molar-refractivity contribution in [1.82, 2.24) is 4.98 Å². The highest BCUT2D eigenvalue weighted by atomic mass is 14.7. The molecule has 0 unspecified atom stereocenters. The van der Waals surface area contributed by atoms with Gasteiger partial charge in [0.15, 0.2) is 0 Å². The quantitative estimate of drug-likeness (QED) is 0.408. The monoisotopic (exact) mass is 349 g/mol. The number of pyridine rings is 1. The number of aromatic nitrogens is 1. The van der Waals surface area contributed by atoms with Crippen LogP contribution in [0.25, 0.3) is 11.3 Å². The third-order valence-electron chi connectivity index (χ3n) is 4.83. The van der Waals surface area contributed by atoms with Crippen molar-refractivity contribution in [3.8, 4) is 11.3 Å². The van der Waals surface area contributed by atoms with Gasteiger partial charge in [0.1, 0.15) is 0 Å². The Labute approximate surface area is 161 Å². The lowest BCUT2D eigenvalue weighted by molar-refractivity contribution is 0.910. The Morgan fingerprint density at radius 2 is 1.11 bits per heavy atom. The van der Waals surface area contributed by atoms with Crippen LogP contribution in [-0.2, 0) is 19.3 Å². The Kier molecular flexibility index (Phi) is 5.40. The molecule has 4 aromatic rings. The highest BCUT2D eigenvalue weighted by Crippen LogP contribution is 2.25. The van der Waals surface area contributed by atoms with E-state index >= 15 is 0 Å². The van der Waals surface area contributed by atoms with Crippen molar-refractivity contribution in [2.75, 3.05) is 0 Å². The minimum atomic E-state index is 0.900. The lowest BCUT2D eigenvalue weighted by Crippen LogP contribution is -2.01. The summed E-state index contributed by atoms with van der Waals surface area (Å²) in [6.07, 6.45) is 2.87. The first-order valence-electron chi connectivity index (χ1n) is 9.50. The molecule has 0 radical (unpaired) electrons. The predicted molar refractivity (Wildman–Crippen MR) is 113 cm³/mol. The predicted octanol–water partition coefficient (Wildman–Crippen LogP) is 6.12. The van der Waals surface area contributed by atoms with Gasteiger partial charge in [0.05, 0.1) is 5.69 Å². The Balaban J connectivity index is 1.63. The van der Waals surface area contributed by atoms with Crippen LogP contribution in [0.4, 0.5) is 0 Å². The van der Waals surface area contributed by atoms with Crippen molar-refractivity contribution < 1.29 is 0 Å². The van der Waals surface area contributed by atoms with Gasteiger partial charge in [-0.1, -0.05) is 97.1 Å². The fraction of sp³-hybridized carbons (Fsp3) is 0.115. The van der Waals surface area contributed by atoms with E-state index in [1.165, 1.54) is 22.3 Å². The van der Waals surface area contributed by atoms with Crippen LogP contribution >= 0.6 is 0 Å². The number of benzene rings is 3. The molecule has 0 amide bonds. The summed E-state index contributed by atoms with van der Waals surface area (Å²) in [5.41, 5.74) is 7.38. The molecule has 4 rings (SSSR count). The summed E-state index contributed by atoms with van der Waals surface area (Å²) in [6.45, 7) is 0. The van der Waals surface area contributed by atoms with E-state index in [1.807, 2.05) is 0 Å². The molecule has 0 saturated heterocycles. The van der Waals surface area contributed by atoms with Crippen LogP contribution in [0.5, 0.6) is 0 Å². The standard InChI is InChI=1S/C26H23N/c1-4-10-21(11-5-1)16-18-25-19-17-24(20-22-12-6-2-7-13-22)26(27-25)23-14-8-3-9-15-23/h1-15,17,19H,16,18,20H2. The summed E-state index contributed by atoms with van der Waals surface area (Å²) in [4.78, 5) is 5.05. The number of aryl methyl sites for hydroxylation is 2. The third kappa shape index (κ3) is 4.51. The molecule has 0 atom stereocenters. The van der Waals surface area contributed by atoms with E-state index in [1.54, 1.807) is 0 Å². The van der Waals surface area contributed by atoms with Gasteiger partial charge in [0.25, 0.3) is 0 Å². The zero-order valence-corrected chi connectivity index (χ0v) is 15.4. The first kappa shape index (κ1) is 17.2. The third-order valence-corrected chi connectivity index (χ3v) is 4.83. The maximum absolute atomic E-state index is 5.05. The number of hydrogen-bond donors (Lipinski definition) is 0. The van der Waals surface area contributed by atoms with Gasteiger partial charge in [-0.25, -0.2) is 0 Å². The minimum absolute atomic E-state index is 0.900. The van der Waals surface area contributed by atoms with Crippen molar-refractivity contribution in [3.63, 3.8) is 0 Å². The smallest absolute Gasteiger partial charge is 0.0740 e. The van der Waals surface area contributed by atoms with Gasteiger partial charge >= 0.3 is 0 Å². The second-order valence-corrected chi connectivity index (χ2v) is 6.82. The van der Waals surface area contributed by atoms with E-state index in [0.717, 1.165) is 30.7 Å². The minimum Gasteiger partial charge on any atom is -0.253 e. The molecule has 132 valence electrons. The summed E-state index contributed by atoms with van der Waals surface area (Å²) in [7, 11) is 0. The summed E-state index contributed by atoms with van der Waals surface area (Å²) >= 11 is 0. The summed E-state index contributed by atoms with van der Waals surface area (Å²) < 4.78 is 0. The molecule has 1 heterocycles. The average Bonchev–Trinajstić information content (AvgIpc) is 2.75. The van der Waals surface area contributed by atoms with Gasteiger partial charge in [-0.15, -0.1) is 0 Å². The topological polar surface area (TPSA) is 12.9 Å². The highest BCUT2D eigenvalue weighted by molar-refractivity contribution is 5.64. The maximum Gasteiger partial charge on any atom is 0.0740 e. The Hall–Kier alpha value is -3.19. The van der Waals surface area contributed by atoms with Gasteiger partial charge < -0.3 is 0 Å². The molecule has 1 aromatic heterocycles. The maximum atomic E-state index is 5.05. The number of rotatable bonds is 6. The largest absolute Gasteiger partial charge is 0.253 e. The molecule has 0 fully saturated rings. The molecule has 1 nitrogen and oxygen atoms in total. The van der Waals surface area contributed by atoms with Crippen molar-refractivity contribution in [2.45, 2.75) is 19.3 Å². The Bertz CT molecular complexity index is 976. The van der Waals surface area contributed by atoms with E-state index < -0.39 is 0 Å². The molecule has 0 saturated carbocycles. The Morgan fingerprint density at radius 1 is 0.519 bits per heavy atom. The summed E-state index contributed by atoms with van der Waals surface area (Å²) in [5.74, 6) is 0. The van der Waals surface area contributed by atoms with Crippen LogP contribution < -0.4 is 0 Å². The van der Waals surface area contributed by atoms with E-state index in [9.17, 15) is 0 Å². The van der Waals surface area contributed by atoms with Gasteiger partial charge in [-0.3, -0.25) is 4.98 Å². The average molecular weight is 349 g/mol. The van der Waals surface area contributed by atoms with Gasteiger partial charge in [-0.2, -0.15) is 0 Å². The molecular formula is C26H23N. The number of nitrogens with zero attached hydrogens (tertiary/aromatic N) is 1. The molecule has 0 bridgehead atoms. The lowest BCUT2D eigenvalue weighted by atomic mass is 9.98. The molecule has 0 aliphatic heterocycles. The van der Waals surface area contributed by atoms with Crippen molar-refractivity contribution in [1.29, 1.82) is 0 Å².